The highest BCUT2D eigenvalue weighted by molar-refractivity contribution is 5.55. The van der Waals surface area contributed by atoms with Crippen LogP contribution in [0.5, 0.6) is 0 Å². The van der Waals surface area contributed by atoms with Crippen molar-refractivity contribution >= 4 is 5.82 Å². The van der Waals surface area contributed by atoms with Gasteiger partial charge in [-0.2, -0.15) is 18.3 Å². The molecule has 130 valence electrons. The zero-order valence-electron chi connectivity index (χ0n) is 14.0. The van der Waals surface area contributed by atoms with E-state index in [2.05, 4.69) is 24.3 Å². The molecule has 0 fully saturated rings. The molecule has 0 atom stereocenters. The van der Waals surface area contributed by atoms with Gasteiger partial charge in [0, 0.05) is 12.1 Å². The smallest absolute Gasteiger partial charge is 0.370 e. The lowest BCUT2D eigenvalue weighted by atomic mass is 10.0. The maximum absolute atomic E-state index is 13.0. The number of hydrogen-bond donors (Lipinski definition) is 1. The van der Waals surface area contributed by atoms with Crippen molar-refractivity contribution in [1.29, 1.82) is 0 Å². The summed E-state index contributed by atoms with van der Waals surface area (Å²) in [6, 6.07) is 5.37. The van der Waals surface area contributed by atoms with E-state index in [1.807, 2.05) is 0 Å². The van der Waals surface area contributed by atoms with E-state index in [0.717, 1.165) is 55.4 Å². The Morgan fingerprint density at radius 1 is 1.25 bits per heavy atom. The second kappa shape index (κ2) is 6.49. The van der Waals surface area contributed by atoms with Crippen molar-refractivity contribution < 1.29 is 13.2 Å². The van der Waals surface area contributed by atoms with Gasteiger partial charge in [-0.25, -0.2) is 4.68 Å². The topological polar surface area (TPSA) is 29.9 Å². The van der Waals surface area contributed by atoms with Gasteiger partial charge in [-0.05, 0) is 49.8 Å². The van der Waals surface area contributed by atoms with Gasteiger partial charge in [-0.3, -0.25) is 0 Å². The molecule has 1 aromatic heterocycles. The number of anilines is 1. The summed E-state index contributed by atoms with van der Waals surface area (Å²) in [7, 11) is 0. The first-order valence-electron chi connectivity index (χ1n) is 8.38. The maximum Gasteiger partial charge on any atom is 0.416 e. The second-order valence-electron chi connectivity index (χ2n) is 6.72. The van der Waals surface area contributed by atoms with Gasteiger partial charge in [0.15, 0.2) is 0 Å². The first-order valence-corrected chi connectivity index (χ1v) is 8.38. The van der Waals surface area contributed by atoms with Gasteiger partial charge in [-0.1, -0.05) is 19.9 Å². The highest BCUT2D eigenvalue weighted by atomic mass is 19.4. The Hall–Kier alpha value is -1.98. The molecule has 2 heterocycles. The quantitative estimate of drug-likeness (QED) is 0.869. The summed E-state index contributed by atoms with van der Waals surface area (Å²) in [4.78, 5) is 0. The van der Waals surface area contributed by atoms with E-state index >= 15 is 0 Å². The molecule has 3 nitrogen and oxygen atoms in total. The van der Waals surface area contributed by atoms with E-state index < -0.39 is 11.7 Å². The molecule has 2 aromatic rings. The van der Waals surface area contributed by atoms with Crippen molar-refractivity contribution in [3.8, 4) is 5.69 Å². The predicted octanol–water partition coefficient (Wildman–Crippen LogP) is 4.84. The fourth-order valence-corrected chi connectivity index (χ4v) is 3.12. The van der Waals surface area contributed by atoms with Crippen molar-refractivity contribution in [2.45, 2.75) is 45.7 Å². The molecule has 1 aromatic carbocycles. The number of rotatable bonds is 3. The molecule has 0 amide bonds. The minimum atomic E-state index is -4.35. The lowest BCUT2D eigenvalue weighted by Gasteiger charge is -2.12. The van der Waals surface area contributed by atoms with E-state index in [1.54, 1.807) is 10.7 Å². The van der Waals surface area contributed by atoms with Crippen molar-refractivity contribution in [1.82, 2.24) is 9.78 Å². The number of hydrogen-bond acceptors (Lipinski definition) is 2. The van der Waals surface area contributed by atoms with Crippen molar-refractivity contribution in [3.05, 3.63) is 41.1 Å². The molecule has 0 spiro atoms. The Bertz CT molecular complexity index is 717. The van der Waals surface area contributed by atoms with Gasteiger partial charge >= 0.3 is 6.18 Å². The van der Waals surface area contributed by atoms with Gasteiger partial charge in [0.25, 0.3) is 0 Å². The first kappa shape index (κ1) is 16.9. The summed E-state index contributed by atoms with van der Waals surface area (Å²) in [6.07, 6.45) is -0.481. The Morgan fingerprint density at radius 2 is 2.04 bits per heavy atom. The zero-order chi connectivity index (χ0) is 17.3. The van der Waals surface area contributed by atoms with Crippen molar-refractivity contribution in [3.63, 3.8) is 0 Å². The Balaban J connectivity index is 2.09. The second-order valence-corrected chi connectivity index (χ2v) is 6.72. The minimum absolute atomic E-state index is 0.446. The molecule has 1 aliphatic heterocycles. The lowest BCUT2D eigenvalue weighted by Crippen LogP contribution is -2.09. The van der Waals surface area contributed by atoms with Crippen LogP contribution in [0.3, 0.4) is 0 Å². The molecule has 0 radical (unpaired) electrons. The van der Waals surface area contributed by atoms with Gasteiger partial charge < -0.3 is 5.32 Å². The standard InChI is InChI=1S/C18H22F3N3/c1-12(2)10-16-15-8-3-4-9-22-17(15)24(23-16)14-7-5-6-13(11-14)18(19,20)21/h5-7,11-12,22H,3-4,8-10H2,1-2H3. The number of benzene rings is 1. The van der Waals surface area contributed by atoms with E-state index in [0.29, 0.717) is 11.6 Å². The average molecular weight is 337 g/mol. The predicted molar refractivity (Wildman–Crippen MR) is 88.5 cm³/mol. The number of fused-ring (bicyclic) bond motifs is 1. The number of aromatic nitrogens is 2. The molecule has 0 aliphatic carbocycles. The maximum atomic E-state index is 13.0. The summed E-state index contributed by atoms with van der Waals surface area (Å²) >= 11 is 0. The number of alkyl halides is 3. The van der Waals surface area contributed by atoms with Crippen LogP contribution < -0.4 is 5.32 Å². The van der Waals surface area contributed by atoms with Crippen LogP contribution >= 0.6 is 0 Å². The fraction of sp³-hybridized carbons (Fsp3) is 0.500. The van der Waals surface area contributed by atoms with E-state index in [9.17, 15) is 13.2 Å². The van der Waals surface area contributed by atoms with Gasteiger partial charge in [0.2, 0.25) is 0 Å². The van der Waals surface area contributed by atoms with E-state index in [4.69, 9.17) is 0 Å². The Morgan fingerprint density at radius 3 is 2.75 bits per heavy atom. The molecule has 1 aliphatic rings. The van der Waals surface area contributed by atoms with E-state index in [-0.39, 0.29) is 0 Å². The molecule has 6 heteroatoms. The SMILES string of the molecule is CC(C)Cc1nn(-c2cccc(C(F)(F)F)c2)c2c1CCCCN2. The van der Waals surface area contributed by atoms with Crippen LogP contribution in [0.2, 0.25) is 0 Å². The summed E-state index contributed by atoms with van der Waals surface area (Å²) in [5.41, 5.74) is 1.94. The third-order valence-electron chi connectivity index (χ3n) is 4.23. The average Bonchev–Trinajstić information content (AvgIpc) is 2.70. The molecule has 0 saturated heterocycles. The minimum Gasteiger partial charge on any atom is -0.370 e. The summed E-state index contributed by atoms with van der Waals surface area (Å²) in [5.74, 6) is 1.30. The Labute approximate surface area is 139 Å². The third kappa shape index (κ3) is 3.42. The fourth-order valence-electron chi connectivity index (χ4n) is 3.12. The van der Waals surface area contributed by atoms with Crippen LogP contribution in [0.25, 0.3) is 5.69 Å². The zero-order valence-corrected chi connectivity index (χ0v) is 14.0. The molecule has 0 saturated carbocycles. The van der Waals surface area contributed by atoms with E-state index in [1.165, 1.54) is 12.1 Å². The molecule has 1 N–H and O–H groups in total. The van der Waals surface area contributed by atoms with Crippen LogP contribution in [0.4, 0.5) is 19.0 Å². The molecular weight excluding hydrogens is 315 g/mol. The normalized spacial score (nSPS) is 15.1. The van der Waals surface area contributed by atoms with Crippen LogP contribution in [0.1, 0.15) is 43.5 Å². The first-order chi connectivity index (χ1) is 11.4. The van der Waals surface area contributed by atoms with Crippen LogP contribution in [0, 0.1) is 5.92 Å². The molecule has 3 rings (SSSR count). The van der Waals surface area contributed by atoms with Crippen LogP contribution in [0.15, 0.2) is 24.3 Å². The van der Waals surface area contributed by atoms with Crippen molar-refractivity contribution in [2.24, 2.45) is 5.92 Å². The van der Waals surface area contributed by atoms with Crippen molar-refractivity contribution in [2.75, 3.05) is 11.9 Å². The number of nitrogens with zero attached hydrogens (tertiary/aromatic N) is 2. The number of halogens is 3. The van der Waals surface area contributed by atoms with Gasteiger partial charge in [-0.15, -0.1) is 0 Å². The summed E-state index contributed by atoms with van der Waals surface area (Å²) in [5, 5.41) is 8.02. The highest BCUT2D eigenvalue weighted by Crippen LogP contribution is 2.33. The largest absolute Gasteiger partial charge is 0.416 e. The number of nitrogens with one attached hydrogen (secondary N) is 1. The molecule has 0 bridgehead atoms. The molecule has 24 heavy (non-hydrogen) atoms. The Kier molecular flexibility index (Phi) is 4.56. The van der Waals surface area contributed by atoms with Crippen LogP contribution in [-0.4, -0.2) is 16.3 Å². The summed E-state index contributed by atoms with van der Waals surface area (Å²) < 4.78 is 40.7. The molecule has 0 unspecified atom stereocenters. The monoisotopic (exact) mass is 337 g/mol. The highest BCUT2D eigenvalue weighted by Gasteiger charge is 2.31. The lowest BCUT2D eigenvalue weighted by molar-refractivity contribution is -0.137. The van der Waals surface area contributed by atoms with Gasteiger partial charge in [0.1, 0.15) is 5.82 Å². The molecular formula is C18H22F3N3. The third-order valence-corrected chi connectivity index (χ3v) is 4.23. The van der Waals surface area contributed by atoms with Crippen LogP contribution in [-0.2, 0) is 19.0 Å². The van der Waals surface area contributed by atoms with Gasteiger partial charge in [0.05, 0.1) is 16.9 Å². The summed E-state index contributed by atoms with van der Waals surface area (Å²) in [6.45, 7) is 5.07.